The summed E-state index contributed by atoms with van der Waals surface area (Å²) in [5.41, 5.74) is 0.541. The minimum absolute atomic E-state index is 0.0857. The van der Waals surface area contributed by atoms with Crippen molar-refractivity contribution < 1.29 is 22.7 Å². The van der Waals surface area contributed by atoms with Gasteiger partial charge in [0.15, 0.2) is 4.34 Å². The highest BCUT2D eigenvalue weighted by atomic mass is 32.2. The number of carbonyl (C=O) groups excluding carboxylic acids is 1. The van der Waals surface area contributed by atoms with Crippen molar-refractivity contribution in [1.82, 2.24) is 15.5 Å². The SMILES string of the molecule is CCNC(=O)[C@@H](C)Sc1nnc(Nc2ccc(OC(F)(F)F)cc2)s1. The van der Waals surface area contributed by atoms with Gasteiger partial charge in [-0.1, -0.05) is 23.1 Å². The number of aromatic nitrogens is 2. The van der Waals surface area contributed by atoms with Crippen LogP contribution in [0.15, 0.2) is 28.6 Å². The summed E-state index contributed by atoms with van der Waals surface area (Å²) in [4.78, 5) is 11.7. The molecule has 6 nitrogen and oxygen atoms in total. The number of thioether (sulfide) groups is 1. The molecule has 0 saturated carbocycles. The van der Waals surface area contributed by atoms with E-state index in [1.54, 1.807) is 6.92 Å². The number of ether oxygens (including phenoxy) is 1. The van der Waals surface area contributed by atoms with Gasteiger partial charge in [-0.2, -0.15) is 0 Å². The Morgan fingerprint density at radius 2 is 2.00 bits per heavy atom. The standard InChI is InChI=1S/C14H15F3N4O2S2/c1-3-18-11(22)8(2)24-13-21-20-12(25-13)19-9-4-6-10(7-5-9)23-14(15,16)17/h4-8H,3H2,1-2H3,(H,18,22)(H,19,20)/t8-/m1/s1. The molecule has 0 spiro atoms. The van der Waals surface area contributed by atoms with Crippen LogP contribution in [0.1, 0.15) is 13.8 Å². The van der Waals surface area contributed by atoms with Crippen LogP contribution in [0.3, 0.4) is 0 Å². The first-order chi connectivity index (χ1) is 11.8. The lowest BCUT2D eigenvalue weighted by Gasteiger charge is -2.09. The van der Waals surface area contributed by atoms with Gasteiger partial charge in [-0.05, 0) is 38.1 Å². The lowest BCUT2D eigenvalue weighted by molar-refractivity contribution is -0.274. The van der Waals surface area contributed by atoms with Gasteiger partial charge in [0.05, 0.1) is 5.25 Å². The second-order valence-electron chi connectivity index (χ2n) is 4.72. The van der Waals surface area contributed by atoms with Crippen LogP contribution in [-0.2, 0) is 4.79 Å². The van der Waals surface area contributed by atoms with Crippen molar-refractivity contribution >= 4 is 39.8 Å². The Bertz CT molecular complexity index is 707. The molecule has 136 valence electrons. The molecule has 1 heterocycles. The van der Waals surface area contributed by atoms with E-state index in [4.69, 9.17) is 0 Å². The summed E-state index contributed by atoms with van der Waals surface area (Å²) in [6, 6.07) is 5.27. The van der Waals surface area contributed by atoms with Crippen LogP contribution >= 0.6 is 23.1 Å². The zero-order chi connectivity index (χ0) is 18.4. The molecule has 0 bridgehead atoms. The van der Waals surface area contributed by atoms with Crippen LogP contribution in [0, 0.1) is 0 Å². The molecule has 0 radical (unpaired) electrons. The number of rotatable bonds is 7. The van der Waals surface area contributed by atoms with E-state index < -0.39 is 6.36 Å². The number of carbonyl (C=O) groups is 1. The topological polar surface area (TPSA) is 76.1 Å². The van der Waals surface area contributed by atoms with E-state index in [0.717, 1.165) is 0 Å². The average molecular weight is 392 g/mol. The highest BCUT2D eigenvalue weighted by Gasteiger charge is 2.30. The number of anilines is 2. The van der Waals surface area contributed by atoms with Gasteiger partial charge in [-0.3, -0.25) is 4.79 Å². The first-order valence-corrected chi connectivity index (χ1v) is 8.87. The van der Waals surface area contributed by atoms with Crippen LogP contribution in [-0.4, -0.2) is 34.3 Å². The molecular formula is C14H15F3N4O2S2. The summed E-state index contributed by atoms with van der Waals surface area (Å²) in [7, 11) is 0. The predicted molar refractivity (Wildman–Crippen MR) is 90.3 cm³/mol. The van der Waals surface area contributed by atoms with Crippen molar-refractivity contribution in [2.75, 3.05) is 11.9 Å². The first-order valence-electron chi connectivity index (χ1n) is 7.17. The Kier molecular flexibility index (Phi) is 6.48. The Hall–Kier alpha value is -2.01. The average Bonchev–Trinajstić information content (AvgIpc) is 2.95. The molecule has 2 aromatic rings. The van der Waals surface area contributed by atoms with Crippen molar-refractivity contribution in [3.63, 3.8) is 0 Å². The second kappa shape index (κ2) is 8.39. The summed E-state index contributed by atoms with van der Waals surface area (Å²) in [6.07, 6.45) is -4.72. The van der Waals surface area contributed by atoms with Crippen molar-refractivity contribution in [2.24, 2.45) is 0 Å². The fourth-order valence-corrected chi connectivity index (χ4v) is 3.63. The third-order valence-corrected chi connectivity index (χ3v) is 4.77. The number of amides is 1. The molecule has 0 unspecified atom stereocenters. The molecule has 1 aromatic heterocycles. The Balaban J connectivity index is 1.93. The van der Waals surface area contributed by atoms with Gasteiger partial charge in [-0.25, -0.2) is 0 Å². The molecule has 1 atom stereocenters. The quantitative estimate of drug-likeness (QED) is 0.698. The number of nitrogens with one attached hydrogen (secondary N) is 2. The van der Waals surface area contributed by atoms with Gasteiger partial charge in [0.25, 0.3) is 0 Å². The van der Waals surface area contributed by atoms with Gasteiger partial charge in [0.1, 0.15) is 5.75 Å². The second-order valence-corrected chi connectivity index (χ2v) is 7.29. The highest BCUT2D eigenvalue weighted by Crippen LogP contribution is 2.31. The lowest BCUT2D eigenvalue weighted by atomic mass is 10.3. The minimum atomic E-state index is -4.72. The fourth-order valence-electron chi connectivity index (χ4n) is 1.69. The van der Waals surface area contributed by atoms with Gasteiger partial charge in [-0.15, -0.1) is 23.4 Å². The first kappa shape index (κ1) is 19.3. The normalized spacial score (nSPS) is 12.5. The zero-order valence-corrected chi connectivity index (χ0v) is 14.9. The van der Waals surface area contributed by atoms with E-state index in [0.29, 0.717) is 21.7 Å². The van der Waals surface area contributed by atoms with Crippen LogP contribution in [0.5, 0.6) is 5.75 Å². The maximum absolute atomic E-state index is 12.1. The Morgan fingerprint density at radius 1 is 1.32 bits per heavy atom. The molecule has 0 aliphatic heterocycles. The van der Waals surface area contributed by atoms with Crippen LogP contribution in [0.4, 0.5) is 24.0 Å². The van der Waals surface area contributed by atoms with Gasteiger partial charge in [0, 0.05) is 12.2 Å². The molecule has 25 heavy (non-hydrogen) atoms. The predicted octanol–water partition coefficient (Wildman–Crippen LogP) is 3.80. The molecule has 1 aromatic carbocycles. The number of halogens is 3. The molecule has 0 aliphatic carbocycles. The Morgan fingerprint density at radius 3 is 2.60 bits per heavy atom. The molecule has 0 aliphatic rings. The monoisotopic (exact) mass is 392 g/mol. The Labute approximate surface area is 150 Å². The van der Waals surface area contributed by atoms with Crippen molar-refractivity contribution in [3.8, 4) is 5.75 Å². The number of hydrogen-bond acceptors (Lipinski definition) is 7. The largest absolute Gasteiger partial charge is 0.573 e. The number of benzene rings is 1. The molecule has 2 N–H and O–H groups in total. The van der Waals surface area contributed by atoms with Gasteiger partial charge >= 0.3 is 6.36 Å². The van der Waals surface area contributed by atoms with Gasteiger partial charge < -0.3 is 15.4 Å². The fraction of sp³-hybridized carbons (Fsp3) is 0.357. The van der Waals surface area contributed by atoms with Crippen LogP contribution in [0.25, 0.3) is 0 Å². The van der Waals surface area contributed by atoms with E-state index in [1.165, 1.54) is 47.4 Å². The number of hydrogen-bond donors (Lipinski definition) is 2. The molecule has 2 rings (SSSR count). The molecular weight excluding hydrogens is 377 g/mol. The maximum Gasteiger partial charge on any atom is 0.573 e. The number of alkyl halides is 3. The summed E-state index contributed by atoms with van der Waals surface area (Å²) < 4.78 is 40.8. The number of nitrogens with zero attached hydrogens (tertiary/aromatic N) is 2. The smallest absolute Gasteiger partial charge is 0.406 e. The highest BCUT2D eigenvalue weighted by molar-refractivity contribution is 8.02. The van der Waals surface area contributed by atoms with E-state index >= 15 is 0 Å². The summed E-state index contributed by atoms with van der Waals surface area (Å²) in [5, 5.41) is 13.7. The summed E-state index contributed by atoms with van der Waals surface area (Å²) in [5.74, 6) is -0.389. The minimum Gasteiger partial charge on any atom is -0.406 e. The zero-order valence-electron chi connectivity index (χ0n) is 13.3. The summed E-state index contributed by atoms with van der Waals surface area (Å²) >= 11 is 2.52. The van der Waals surface area contributed by atoms with Gasteiger partial charge in [0.2, 0.25) is 11.0 Å². The molecule has 1 amide bonds. The van der Waals surface area contributed by atoms with E-state index in [-0.39, 0.29) is 16.9 Å². The van der Waals surface area contributed by atoms with E-state index in [1.807, 2.05) is 6.92 Å². The van der Waals surface area contributed by atoms with Crippen molar-refractivity contribution in [1.29, 1.82) is 0 Å². The molecule has 0 saturated heterocycles. The maximum atomic E-state index is 12.1. The molecule has 0 fully saturated rings. The molecule has 11 heteroatoms. The third kappa shape index (κ3) is 6.42. The van der Waals surface area contributed by atoms with Crippen LogP contribution < -0.4 is 15.4 Å². The third-order valence-electron chi connectivity index (χ3n) is 2.74. The summed E-state index contributed by atoms with van der Waals surface area (Å²) in [6.45, 7) is 4.16. The van der Waals surface area contributed by atoms with E-state index in [9.17, 15) is 18.0 Å². The van der Waals surface area contributed by atoms with E-state index in [2.05, 4.69) is 25.6 Å². The van der Waals surface area contributed by atoms with Crippen molar-refractivity contribution in [3.05, 3.63) is 24.3 Å². The lowest BCUT2D eigenvalue weighted by Crippen LogP contribution is -2.30. The van der Waals surface area contributed by atoms with Crippen molar-refractivity contribution in [2.45, 2.75) is 29.8 Å². The van der Waals surface area contributed by atoms with Crippen LogP contribution in [0.2, 0.25) is 0 Å².